The minimum atomic E-state index is -0.581. The van der Waals surface area contributed by atoms with Crippen LogP contribution in [0.4, 0.5) is 5.69 Å². The Bertz CT molecular complexity index is 732. The third-order valence-electron chi connectivity index (χ3n) is 3.43. The molecule has 0 atom stereocenters. The van der Waals surface area contributed by atoms with Crippen LogP contribution in [0, 0.1) is 0 Å². The van der Waals surface area contributed by atoms with E-state index in [1.165, 1.54) is 31.4 Å². The van der Waals surface area contributed by atoms with Gasteiger partial charge in [-0.3, -0.25) is 15.2 Å². The van der Waals surface area contributed by atoms with Crippen molar-refractivity contribution in [1.82, 2.24) is 5.32 Å². The lowest BCUT2D eigenvalue weighted by Crippen LogP contribution is -2.23. The lowest BCUT2D eigenvalue weighted by Gasteiger charge is -2.11. The summed E-state index contributed by atoms with van der Waals surface area (Å²) in [4.78, 5) is 21.3. The van der Waals surface area contributed by atoms with E-state index in [0.717, 1.165) is 0 Å². The molecule has 0 radical (unpaired) electrons. The molecule has 9 nitrogen and oxygen atoms in total. The van der Waals surface area contributed by atoms with Gasteiger partial charge in [0.25, 0.3) is 5.91 Å². The Hall–Kier alpha value is -2.85. The first-order valence-electron chi connectivity index (χ1n) is 7.18. The van der Waals surface area contributed by atoms with E-state index in [1.807, 2.05) is 0 Å². The van der Waals surface area contributed by atoms with Gasteiger partial charge in [-0.25, -0.2) is 9.78 Å². The fourth-order valence-corrected chi connectivity index (χ4v) is 2.07. The van der Waals surface area contributed by atoms with Gasteiger partial charge in [-0.1, -0.05) is 18.2 Å². The molecule has 0 bridgehead atoms. The van der Waals surface area contributed by atoms with Crippen molar-refractivity contribution in [1.29, 1.82) is 0 Å². The van der Waals surface area contributed by atoms with Gasteiger partial charge in [0.05, 0.1) is 18.4 Å². The molecular weight excluding hydrogens is 332 g/mol. The van der Waals surface area contributed by atoms with Crippen molar-refractivity contribution in [2.24, 2.45) is 0 Å². The van der Waals surface area contributed by atoms with Gasteiger partial charge in [-0.2, -0.15) is 0 Å². The largest absolute Gasteiger partial charge is 0.504 e. The lowest BCUT2D eigenvalue weighted by molar-refractivity contribution is -0.282. The van der Waals surface area contributed by atoms with Gasteiger partial charge in [0.15, 0.2) is 11.5 Å². The summed E-state index contributed by atoms with van der Waals surface area (Å²) < 4.78 is 0. The topological polar surface area (TPSA) is 132 Å². The fourth-order valence-electron chi connectivity index (χ4n) is 2.07. The number of phenolic OH excluding ortho intramolecular Hbond substituents is 2. The number of phenols is 2. The molecule has 0 saturated carbocycles. The second-order valence-electron chi connectivity index (χ2n) is 5.04. The van der Waals surface area contributed by atoms with Crippen molar-refractivity contribution in [3.05, 3.63) is 53.1 Å². The van der Waals surface area contributed by atoms with Crippen LogP contribution < -0.4 is 10.5 Å². The highest BCUT2D eigenvalue weighted by molar-refractivity contribution is 5.97. The quantitative estimate of drug-likeness (QED) is 0.290. The summed E-state index contributed by atoms with van der Waals surface area (Å²) in [6, 6.07) is 8.89. The molecule has 0 aliphatic heterocycles. The minimum absolute atomic E-state index is 0.0158. The van der Waals surface area contributed by atoms with Gasteiger partial charge < -0.3 is 15.5 Å². The smallest absolute Gasteiger partial charge is 0.255 e. The van der Waals surface area contributed by atoms with Crippen LogP contribution in [0.5, 0.6) is 11.5 Å². The summed E-state index contributed by atoms with van der Waals surface area (Å²) in [5.74, 6) is -1.59. The molecule has 0 saturated heterocycles. The van der Waals surface area contributed by atoms with Crippen LogP contribution in [0.25, 0.3) is 0 Å². The zero-order chi connectivity index (χ0) is 18.4. The van der Waals surface area contributed by atoms with Gasteiger partial charge in [0.1, 0.15) is 6.61 Å². The van der Waals surface area contributed by atoms with Crippen LogP contribution in [0.15, 0.2) is 36.4 Å². The van der Waals surface area contributed by atoms with E-state index in [9.17, 15) is 15.0 Å². The third kappa shape index (κ3) is 4.58. The monoisotopic (exact) mass is 350 g/mol. The van der Waals surface area contributed by atoms with E-state index < -0.39 is 17.4 Å². The number of anilines is 1. The van der Waals surface area contributed by atoms with Crippen molar-refractivity contribution in [3.63, 3.8) is 0 Å². The Morgan fingerprint density at radius 3 is 2.36 bits per heavy atom. The first-order valence-corrected chi connectivity index (χ1v) is 7.18. The number of aromatic hydroxyl groups is 2. The van der Waals surface area contributed by atoms with E-state index in [0.29, 0.717) is 5.56 Å². The second-order valence-corrected chi connectivity index (χ2v) is 5.04. The first kappa shape index (κ1) is 18.5. The molecule has 0 unspecified atom stereocenters. The summed E-state index contributed by atoms with van der Waals surface area (Å²) >= 11 is 0. The number of carbonyl (C=O) groups excluding carboxylic acids is 1. The molecule has 0 aromatic heterocycles. The van der Waals surface area contributed by atoms with Gasteiger partial charge in [-0.15, -0.1) is 5.23 Å². The fraction of sp³-hybridized carbons (Fsp3) is 0.188. The standard InChI is InChI=1S/C16H18N2O7/c1-24-25-9-11-4-7-13(15(20)14(11)19)16(21)17-8-10-2-5-12(6-3-10)18(22)23/h2-7,19-20,22-23H,8-9H2,1H3,(H,17,21). The van der Waals surface area contributed by atoms with E-state index in [2.05, 4.69) is 15.1 Å². The molecule has 0 aliphatic carbocycles. The maximum Gasteiger partial charge on any atom is 0.255 e. The maximum atomic E-state index is 12.2. The summed E-state index contributed by atoms with van der Waals surface area (Å²) in [6.07, 6.45) is 0. The number of amides is 1. The van der Waals surface area contributed by atoms with Crippen LogP contribution in [-0.4, -0.2) is 33.6 Å². The third-order valence-corrected chi connectivity index (χ3v) is 3.43. The zero-order valence-corrected chi connectivity index (χ0v) is 13.3. The van der Waals surface area contributed by atoms with Crippen LogP contribution in [0.2, 0.25) is 0 Å². The number of hydrogen-bond donors (Lipinski definition) is 5. The molecule has 25 heavy (non-hydrogen) atoms. The Morgan fingerprint density at radius 2 is 1.76 bits per heavy atom. The highest BCUT2D eigenvalue weighted by Crippen LogP contribution is 2.33. The summed E-state index contributed by atoms with van der Waals surface area (Å²) in [6.45, 7) is 0.0571. The normalized spacial score (nSPS) is 10.5. The first-order chi connectivity index (χ1) is 11.9. The van der Waals surface area contributed by atoms with Crippen molar-refractivity contribution in [2.45, 2.75) is 13.2 Å². The number of benzene rings is 2. The molecule has 1 amide bonds. The Balaban J connectivity index is 2.04. The molecule has 5 N–H and O–H groups in total. The van der Waals surface area contributed by atoms with Crippen molar-refractivity contribution in [2.75, 3.05) is 12.3 Å². The summed E-state index contributed by atoms with van der Waals surface area (Å²) in [5, 5.41) is 40.2. The van der Waals surface area contributed by atoms with Crippen molar-refractivity contribution in [3.8, 4) is 11.5 Å². The SMILES string of the molecule is COOCc1ccc(C(=O)NCc2ccc(N(O)O)cc2)c(O)c1O. The summed E-state index contributed by atoms with van der Waals surface area (Å²) in [5.41, 5.74) is 1.05. The number of rotatable bonds is 7. The van der Waals surface area contributed by atoms with Crippen LogP contribution in [0.1, 0.15) is 21.5 Å². The van der Waals surface area contributed by atoms with Crippen molar-refractivity contribution >= 4 is 11.6 Å². The average Bonchev–Trinajstić information content (AvgIpc) is 2.61. The number of carbonyl (C=O) groups is 1. The molecule has 0 heterocycles. The van der Waals surface area contributed by atoms with Gasteiger partial charge in [-0.05, 0) is 23.8 Å². The second kappa shape index (κ2) is 8.31. The molecular formula is C16H18N2O7. The number of nitrogens with one attached hydrogen (secondary N) is 1. The average molecular weight is 350 g/mol. The van der Waals surface area contributed by atoms with Crippen LogP contribution in [-0.2, 0) is 22.9 Å². The molecule has 2 aromatic rings. The molecule has 134 valence electrons. The molecule has 9 heteroatoms. The molecule has 2 rings (SSSR count). The van der Waals surface area contributed by atoms with E-state index in [1.54, 1.807) is 12.1 Å². The predicted octanol–water partition coefficient (Wildman–Crippen LogP) is 1.69. The van der Waals surface area contributed by atoms with E-state index in [-0.39, 0.29) is 35.2 Å². The van der Waals surface area contributed by atoms with Crippen LogP contribution >= 0.6 is 0 Å². The maximum absolute atomic E-state index is 12.2. The highest BCUT2D eigenvalue weighted by Gasteiger charge is 2.17. The predicted molar refractivity (Wildman–Crippen MR) is 85.2 cm³/mol. The van der Waals surface area contributed by atoms with E-state index >= 15 is 0 Å². The zero-order valence-electron chi connectivity index (χ0n) is 13.3. The Morgan fingerprint density at radius 1 is 1.08 bits per heavy atom. The molecule has 0 fully saturated rings. The molecule has 0 spiro atoms. The Labute approximate surface area is 143 Å². The lowest BCUT2D eigenvalue weighted by atomic mass is 10.1. The van der Waals surface area contributed by atoms with E-state index in [4.69, 9.17) is 10.4 Å². The van der Waals surface area contributed by atoms with Gasteiger partial charge in [0.2, 0.25) is 0 Å². The summed E-state index contributed by atoms with van der Waals surface area (Å²) in [7, 11) is 1.31. The van der Waals surface area contributed by atoms with Crippen LogP contribution in [0.3, 0.4) is 0 Å². The minimum Gasteiger partial charge on any atom is -0.504 e. The molecule has 0 aliphatic rings. The van der Waals surface area contributed by atoms with Gasteiger partial charge >= 0.3 is 0 Å². The number of nitrogens with zero attached hydrogens (tertiary/aromatic N) is 1. The van der Waals surface area contributed by atoms with Crippen molar-refractivity contribution < 1.29 is 35.2 Å². The highest BCUT2D eigenvalue weighted by atomic mass is 17.2. The molecule has 2 aromatic carbocycles. The number of hydrogen-bond acceptors (Lipinski definition) is 8. The van der Waals surface area contributed by atoms with Gasteiger partial charge in [0, 0.05) is 12.1 Å². The Kier molecular flexibility index (Phi) is 6.14.